The first kappa shape index (κ1) is 12.3. The van der Waals surface area contributed by atoms with Crippen LogP contribution in [-0.4, -0.2) is 0 Å². The van der Waals surface area contributed by atoms with Crippen LogP contribution in [0.15, 0.2) is 36.4 Å². The van der Waals surface area contributed by atoms with Crippen molar-refractivity contribution in [3.63, 3.8) is 0 Å². The highest BCUT2D eigenvalue weighted by molar-refractivity contribution is 7.16. The fourth-order valence-electron chi connectivity index (χ4n) is 1.45. The molecule has 1 aromatic heterocycles. The molecule has 0 radical (unpaired) electrons. The van der Waals surface area contributed by atoms with Crippen molar-refractivity contribution in [3.8, 4) is 0 Å². The molecule has 2 aromatic rings. The maximum Gasteiger partial charge on any atom is 0.0931 e. The molecule has 0 nitrogen and oxygen atoms in total. The van der Waals surface area contributed by atoms with E-state index in [0.29, 0.717) is 0 Å². The van der Waals surface area contributed by atoms with Gasteiger partial charge in [0.1, 0.15) is 0 Å². The third-order valence-corrected chi connectivity index (χ3v) is 4.49. The molecule has 1 atom stereocenters. The quantitative estimate of drug-likeness (QED) is 0.648. The average molecular weight is 292 g/mol. The maximum atomic E-state index is 6.32. The molecule has 0 bridgehead atoms. The van der Waals surface area contributed by atoms with Crippen molar-refractivity contribution in [2.75, 3.05) is 0 Å². The predicted octanol–water partition coefficient (Wildman–Crippen LogP) is 5.58. The van der Waals surface area contributed by atoms with Gasteiger partial charge in [0.25, 0.3) is 0 Å². The Morgan fingerprint density at radius 1 is 1.06 bits per heavy atom. The molecule has 1 aromatic carbocycles. The smallest absolute Gasteiger partial charge is 0.0931 e. The third-order valence-electron chi connectivity index (χ3n) is 2.26. The van der Waals surface area contributed by atoms with E-state index < -0.39 is 0 Å². The molecular formula is C12H9Cl3S. The number of hydrogen-bond donors (Lipinski definition) is 0. The summed E-state index contributed by atoms with van der Waals surface area (Å²) in [6.07, 6.45) is 0.720. The lowest BCUT2D eigenvalue weighted by molar-refractivity contribution is 0.940. The lowest BCUT2D eigenvalue weighted by Gasteiger charge is -2.08. The predicted molar refractivity (Wildman–Crippen MR) is 73.1 cm³/mol. The van der Waals surface area contributed by atoms with Crippen LogP contribution in [-0.2, 0) is 6.42 Å². The van der Waals surface area contributed by atoms with Crippen LogP contribution in [0.3, 0.4) is 0 Å². The Kier molecular flexibility index (Phi) is 4.15. The van der Waals surface area contributed by atoms with E-state index >= 15 is 0 Å². The van der Waals surface area contributed by atoms with E-state index in [1.54, 1.807) is 0 Å². The van der Waals surface area contributed by atoms with Crippen LogP contribution in [0.1, 0.15) is 15.8 Å². The summed E-state index contributed by atoms with van der Waals surface area (Å²) in [5.74, 6) is 0. The molecule has 2 rings (SSSR count). The van der Waals surface area contributed by atoms with Crippen LogP contribution in [0.25, 0.3) is 0 Å². The van der Waals surface area contributed by atoms with Gasteiger partial charge < -0.3 is 0 Å². The summed E-state index contributed by atoms with van der Waals surface area (Å²) in [4.78, 5) is 1.08. The van der Waals surface area contributed by atoms with E-state index in [2.05, 4.69) is 0 Å². The van der Waals surface area contributed by atoms with Gasteiger partial charge in [0.2, 0.25) is 0 Å². The van der Waals surface area contributed by atoms with Crippen molar-refractivity contribution < 1.29 is 0 Å². The van der Waals surface area contributed by atoms with Gasteiger partial charge >= 0.3 is 0 Å². The van der Waals surface area contributed by atoms with Gasteiger partial charge in [0, 0.05) is 9.90 Å². The summed E-state index contributed by atoms with van der Waals surface area (Å²) in [7, 11) is 0. The summed E-state index contributed by atoms with van der Waals surface area (Å²) >= 11 is 19.8. The molecule has 0 spiro atoms. The van der Waals surface area contributed by atoms with Crippen LogP contribution in [0.2, 0.25) is 9.36 Å². The highest BCUT2D eigenvalue weighted by Crippen LogP contribution is 2.34. The lowest BCUT2D eigenvalue weighted by atomic mass is 10.1. The summed E-state index contributed by atoms with van der Waals surface area (Å²) in [6, 6.07) is 11.6. The van der Waals surface area contributed by atoms with Gasteiger partial charge in [-0.1, -0.05) is 41.4 Å². The summed E-state index contributed by atoms with van der Waals surface area (Å²) in [5.41, 5.74) is 1.06. The largest absolute Gasteiger partial charge is 0.127 e. The second-order valence-corrected chi connectivity index (χ2v) is 6.09. The SMILES string of the molecule is Clc1ccc(C(Cl)Cc2ccccc2Cl)s1. The van der Waals surface area contributed by atoms with E-state index in [-0.39, 0.29) is 5.38 Å². The number of alkyl halides is 1. The van der Waals surface area contributed by atoms with Gasteiger partial charge in [0.15, 0.2) is 0 Å². The molecule has 0 aliphatic heterocycles. The van der Waals surface area contributed by atoms with Crippen LogP contribution in [0.4, 0.5) is 0 Å². The number of benzene rings is 1. The van der Waals surface area contributed by atoms with Crippen molar-refractivity contribution in [2.45, 2.75) is 11.8 Å². The molecule has 84 valence electrons. The second-order valence-electron chi connectivity index (χ2n) is 3.40. The fraction of sp³-hybridized carbons (Fsp3) is 0.167. The van der Waals surface area contributed by atoms with Crippen LogP contribution in [0, 0.1) is 0 Å². The normalized spacial score (nSPS) is 12.7. The Labute approximate surface area is 114 Å². The molecule has 0 aliphatic carbocycles. The minimum atomic E-state index is -0.0719. The number of hydrogen-bond acceptors (Lipinski definition) is 1. The Hall–Kier alpha value is -0.210. The van der Waals surface area contributed by atoms with Gasteiger partial charge in [0.05, 0.1) is 9.71 Å². The standard InChI is InChI=1S/C12H9Cl3S/c13-9-4-2-1-3-8(9)7-10(14)11-5-6-12(15)16-11/h1-6,10H,7H2. The highest BCUT2D eigenvalue weighted by Gasteiger charge is 2.12. The molecule has 0 N–H and O–H groups in total. The van der Waals surface area contributed by atoms with E-state index in [9.17, 15) is 0 Å². The van der Waals surface area contributed by atoms with Gasteiger partial charge in [-0.15, -0.1) is 22.9 Å². The summed E-state index contributed by atoms with van der Waals surface area (Å²) in [5, 5.41) is 0.688. The summed E-state index contributed by atoms with van der Waals surface area (Å²) in [6.45, 7) is 0. The van der Waals surface area contributed by atoms with Gasteiger partial charge in [-0.05, 0) is 30.2 Å². The first-order chi connectivity index (χ1) is 7.66. The zero-order valence-electron chi connectivity index (χ0n) is 8.29. The molecule has 1 heterocycles. The average Bonchev–Trinajstić information content (AvgIpc) is 2.68. The zero-order valence-corrected chi connectivity index (χ0v) is 11.4. The van der Waals surface area contributed by atoms with Crippen LogP contribution < -0.4 is 0 Å². The van der Waals surface area contributed by atoms with E-state index in [4.69, 9.17) is 34.8 Å². The molecule has 0 aliphatic rings. The molecule has 0 saturated carbocycles. The molecule has 16 heavy (non-hydrogen) atoms. The van der Waals surface area contributed by atoms with Crippen molar-refractivity contribution in [1.82, 2.24) is 0 Å². The topological polar surface area (TPSA) is 0 Å². The molecule has 4 heteroatoms. The highest BCUT2D eigenvalue weighted by atomic mass is 35.5. The van der Waals surface area contributed by atoms with Gasteiger partial charge in [-0.3, -0.25) is 0 Å². The number of rotatable bonds is 3. The van der Waals surface area contributed by atoms with Crippen LogP contribution >= 0.6 is 46.1 Å². The minimum Gasteiger partial charge on any atom is -0.127 e. The molecule has 0 fully saturated rings. The van der Waals surface area contributed by atoms with Crippen molar-refractivity contribution >= 4 is 46.1 Å². The van der Waals surface area contributed by atoms with E-state index in [1.807, 2.05) is 36.4 Å². The van der Waals surface area contributed by atoms with Crippen molar-refractivity contribution in [3.05, 3.63) is 56.2 Å². The zero-order chi connectivity index (χ0) is 11.5. The molecule has 1 unspecified atom stereocenters. The molecular weight excluding hydrogens is 283 g/mol. The first-order valence-electron chi connectivity index (χ1n) is 4.79. The fourth-order valence-corrected chi connectivity index (χ4v) is 3.08. The lowest BCUT2D eigenvalue weighted by Crippen LogP contribution is -1.93. The monoisotopic (exact) mass is 290 g/mol. The van der Waals surface area contributed by atoms with Gasteiger partial charge in [-0.25, -0.2) is 0 Å². The van der Waals surface area contributed by atoms with Crippen molar-refractivity contribution in [2.24, 2.45) is 0 Å². The van der Waals surface area contributed by atoms with E-state index in [1.165, 1.54) is 11.3 Å². The first-order valence-corrected chi connectivity index (χ1v) is 6.80. The van der Waals surface area contributed by atoms with Crippen molar-refractivity contribution in [1.29, 1.82) is 0 Å². The van der Waals surface area contributed by atoms with Gasteiger partial charge in [-0.2, -0.15) is 0 Å². The molecule has 0 amide bonds. The Bertz CT molecular complexity index is 479. The Morgan fingerprint density at radius 3 is 2.44 bits per heavy atom. The second kappa shape index (κ2) is 5.42. The summed E-state index contributed by atoms with van der Waals surface area (Å²) < 4.78 is 0.764. The van der Waals surface area contributed by atoms with Crippen LogP contribution in [0.5, 0.6) is 0 Å². The van der Waals surface area contributed by atoms with E-state index in [0.717, 1.165) is 26.2 Å². The molecule has 0 saturated heterocycles. The number of halogens is 3. The number of thiophene rings is 1. The minimum absolute atomic E-state index is 0.0719. The third kappa shape index (κ3) is 2.92. The Balaban J connectivity index is 2.13. The Morgan fingerprint density at radius 2 is 1.81 bits per heavy atom. The maximum absolute atomic E-state index is 6.32.